The number of anilines is 1. The van der Waals surface area contributed by atoms with E-state index in [4.69, 9.17) is 0 Å². The monoisotopic (exact) mass is 162 g/mol. The number of nitrogens with zero attached hydrogens (tertiary/aromatic N) is 1. The molecule has 0 saturated carbocycles. The van der Waals surface area contributed by atoms with Crippen molar-refractivity contribution in [2.45, 2.75) is 19.9 Å². The third-order valence-electron chi connectivity index (χ3n) is 1.46. The molecular weight excluding hydrogens is 148 g/mol. The van der Waals surface area contributed by atoms with Gasteiger partial charge in [-0.3, -0.25) is 0 Å². The Balaban J connectivity index is 2.71. The van der Waals surface area contributed by atoms with E-state index in [9.17, 15) is 0 Å². The van der Waals surface area contributed by atoms with Crippen molar-refractivity contribution in [1.82, 2.24) is 4.98 Å². The fourth-order valence-electron chi connectivity index (χ4n) is 0.907. The molecule has 2 heteroatoms. The second kappa shape index (κ2) is 3.90. The second-order valence-corrected chi connectivity index (χ2v) is 2.98. The Morgan fingerprint density at radius 3 is 2.67 bits per heavy atom. The minimum atomic E-state index is 0.423. The maximum absolute atomic E-state index is 4.21. The van der Waals surface area contributed by atoms with Crippen molar-refractivity contribution >= 4 is 11.9 Å². The lowest BCUT2D eigenvalue weighted by molar-refractivity contribution is 0.889. The van der Waals surface area contributed by atoms with E-state index in [1.807, 2.05) is 12.1 Å². The number of hydrogen-bond acceptors (Lipinski definition) is 2. The Kier molecular flexibility index (Phi) is 2.86. The minimum absolute atomic E-state index is 0.423. The van der Waals surface area contributed by atoms with E-state index in [0.717, 1.165) is 11.4 Å². The molecule has 0 aliphatic heterocycles. The van der Waals surface area contributed by atoms with Crippen LogP contribution in [-0.4, -0.2) is 11.0 Å². The Hall–Kier alpha value is -1.31. The van der Waals surface area contributed by atoms with Gasteiger partial charge in [0.05, 0.1) is 0 Å². The van der Waals surface area contributed by atoms with Crippen molar-refractivity contribution in [1.29, 1.82) is 0 Å². The van der Waals surface area contributed by atoms with Gasteiger partial charge in [-0.05, 0) is 31.5 Å². The highest BCUT2D eigenvalue weighted by Gasteiger charge is 1.94. The van der Waals surface area contributed by atoms with E-state index < -0.39 is 0 Å². The van der Waals surface area contributed by atoms with Crippen LogP contribution in [0.1, 0.15) is 19.4 Å². The third kappa shape index (κ3) is 2.38. The number of aromatic nitrogens is 1. The Morgan fingerprint density at radius 1 is 1.50 bits per heavy atom. The highest BCUT2D eigenvalue weighted by Crippen LogP contribution is 2.06. The first kappa shape index (κ1) is 8.78. The Labute approximate surface area is 73.3 Å². The molecule has 0 aliphatic carbocycles. The van der Waals surface area contributed by atoms with Crippen LogP contribution in [0, 0.1) is 0 Å². The first-order chi connectivity index (χ1) is 5.72. The number of nitrogens with one attached hydrogen (secondary N) is 1. The zero-order chi connectivity index (χ0) is 8.97. The lowest BCUT2D eigenvalue weighted by Crippen LogP contribution is -2.10. The fraction of sp³-hybridized carbons (Fsp3) is 0.300. The first-order valence-electron chi connectivity index (χ1n) is 4.07. The molecule has 0 aliphatic rings. The number of rotatable bonds is 3. The molecule has 1 heterocycles. The summed E-state index contributed by atoms with van der Waals surface area (Å²) in [5.41, 5.74) is 1.05. The zero-order valence-corrected chi connectivity index (χ0v) is 7.54. The molecule has 1 N–H and O–H groups in total. The lowest BCUT2D eigenvalue weighted by atomic mass is 10.3. The molecule has 1 aromatic rings. The molecule has 0 bridgehead atoms. The van der Waals surface area contributed by atoms with E-state index in [2.05, 4.69) is 30.7 Å². The van der Waals surface area contributed by atoms with E-state index >= 15 is 0 Å². The number of hydrogen-bond donors (Lipinski definition) is 1. The normalized spacial score (nSPS) is 9.92. The van der Waals surface area contributed by atoms with Gasteiger partial charge in [-0.25, -0.2) is 4.98 Å². The molecule has 64 valence electrons. The van der Waals surface area contributed by atoms with Crippen molar-refractivity contribution in [3.63, 3.8) is 0 Å². The average molecular weight is 162 g/mol. The van der Waals surface area contributed by atoms with Crippen LogP contribution in [0.15, 0.2) is 24.9 Å². The molecule has 0 unspecified atom stereocenters. The van der Waals surface area contributed by atoms with Gasteiger partial charge in [-0.2, -0.15) is 0 Å². The van der Waals surface area contributed by atoms with Crippen molar-refractivity contribution in [3.8, 4) is 0 Å². The summed E-state index contributed by atoms with van der Waals surface area (Å²) in [4.78, 5) is 4.21. The van der Waals surface area contributed by atoms with Crippen molar-refractivity contribution < 1.29 is 0 Å². The zero-order valence-electron chi connectivity index (χ0n) is 7.54. The summed E-state index contributed by atoms with van der Waals surface area (Å²) in [6, 6.07) is 4.37. The van der Waals surface area contributed by atoms with Gasteiger partial charge in [0.25, 0.3) is 0 Å². The maximum Gasteiger partial charge on any atom is 0.126 e. The van der Waals surface area contributed by atoms with Crippen LogP contribution in [-0.2, 0) is 0 Å². The summed E-state index contributed by atoms with van der Waals surface area (Å²) in [6.45, 7) is 7.83. The summed E-state index contributed by atoms with van der Waals surface area (Å²) in [6.07, 6.45) is 3.59. The average Bonchev–Trinajstić information content (AvgIpc) is 2.05. The largest absolute Gasteiger partial charge is 0.368 e. The molecule has 0 fully saturated rings. The molecule has 0 aromatic carbocycles. The van der Waals surface area contributed by atoms with Crippen molar-refractivity contribution in [2.24, 2.45) is 0 Å². The summed E-state index contributed by atoms with van der Waals surface area (Å²) in [5.74, 6) is 0.913. The molecule has 1 rings (SSSR count). The van der Waals surface area contributed by atoms with Gasteiger partial charge in [-0.1, -0.05) is 12.7 Å². The molecule has 0 spiro atoms. The van der Waals surface area contributed by atoms with Crippen molar-refractivity contribution in [2.75, 3.05) is 5.32 Å². The second-order valence-electron chi connectivity index (χ2n) is 2.98. The predicted octanol–water partition coefficient (Wildman–Crippen LogP) is 2.54. The predicted molar refractivity (Wildman–Crippen MR) is 53.1 cm³/mol. The van der Waals surface area contributed by atoms with Crippen molar-refractivity contribution in [3.05, 3.63) is 30.5 Å². The third-order valence-corrected chi connectivity index (χ3v) is 1.46. The molecule has 0 radical (unpaired) electrons. The highest BCUT2D eigenvalue weighted by molar-refractivity contribution is 5.48. The minimum Gasteiger partial charge on any atom is -0.368 e. The first-order valence-corrected chi connectivity index (χ1v) is 4.07. The van der Waals surface area contributed by atoms with Gasteiger partial charge in [0, 0.05) is 12.2 Å². The molecule has 0 amide bonds. The topological polar surface area (TPSA) is 24.9 Å². The van der Waals surface area contributed by atoms with Gasteiger partial charge < -0.3 is 5.32 Å². The number of pyridine rings is 1. The van der Waals surface area contributed by atoms with Gasteiger partial charge in [-0.15, -0.1) is 0 Å². The summed E-state index contributed by atoms with van der Waals surface area (Å²) < 4.78 is 0. The van der Waals surface area contributed by atoms with Crippen LogP contribution in [0.25, 0.3) is 6.08 Å². The van der Waals surface area contributed by atoms with Gasteiger partial charge in [0.15, 0.2) is 0 Å². The molecule has 12 heavy (non-hydrogen) atoms. The molecular formula is C10H14N2. The van der Waals surface area contributed by atoms with E-state index in [1.165, 1.54) is 0 Å². The smallest absolute Gasteiger partial charge is 0.126 e. The lowest BCUT2D eigenvalue weighted by Gasteiger charge is -2.08. The van der Waals surface area contributed by atoms with Crippen LogP contribution in [0.3, 0.4) is 0 Å². The molecule has 1 aromatic heterocycles. The summed E-state index contributed by atoms with van der Waals surface area (Å²) in [7, 11) is 0. The molecule has 0 atom stereocenters. The van der Waals surface area contributed by atoms with Crippen LogP contribution < -0.4 is 5.32 Å². The van der Waals surface area contributed by atoms with Gasteiger partial charge in [0.1, 0.15) is 5.82 Å². The summed E-state index contributed by atoms with van der Waals surface area (Å²) in [5, 5.41) is 3.21. The SMILES string of the molecule is C=Cc1ccc(NC(C)C)nc1. The highest BCUT2D eigenvalue weighted by atomic mass is 15.0. The Bertz CT molecular complexity index is 249. The van der Waals surface area contributed by atoms with Crippen LogP contribution in [0.2, 0.25) is 0 Å². The fourth-order valence-corrected chi connectivity index (χ4v) is 0.907. The van der Waals surface area contributed by atoms with Gasteiger partial charge >= 0.3 is 0 Å². The Morgan fingerprint density at radius 2 is 2.25 bits per heavy atom. The van der Waals surface area contributed by atoms with Crippen LogP contribution in [0.5, 0.6) is 0 Å². The van der Waals surface area contributed by atoms with Crippen LogP contribution in [0.4, 0.5) is 5.82 Å². The van der Waals surface area contributed by atoms with E-state index in [-0.39, 0.29) is 0 Å². The van der Waals surface area contributed by atoms with E-state index in [1.54, 1.807) is 12.3 Å². The quantitative estimate of drug-likeness (QED) is 0.738. The summed E-state index contributed by atoms with van der Waals surface area (Å²) >= 11 is 0. The molecule has 2 nitrogen and oxygen atoms in total. The maximum atomic E-state index is 4.21. The van der Waals surface area contributed by atoms with E-state index in [0.29, 0.717) is 6.04 Å². The van der Waals surface area contributed by atoms with Crippen LogP contribution >= 0.6 is 0 Å². The molecule has 0 saturated heterocycles. The standard InChI is InChI=1S/C10H14N2/c1-4-9-5-6-10(11-7-9)12-8(2)3/h4-8H,1H2,2-3H3,(H,11,12). The van der Waals surface area contributed by atoms with Gasteiger partial charge in [0.2, 0.25) is 0 Å².